The normalized spacial score (nSPS) is 16.7. The van der Waals surface area contributed by atoms with Gasteiger partial charge in [-0.25, -0.2) is 0 Å². The smallest absolute Gasteiger partial charge is 0.311 e. The Hall–Kier alpha value is -3.14. The van der Waals surface area contributed by atoms with Crippen molar-refractivity contribution in [2.75, 3.05) is 0 Å². The number of hydrogen-bond acceptors (Lipinski definition) is 4. The van der Waals surface area contributed by atoms with Gasteiger partial charge in [0.2, 0.25) is 0 Å². The molecule has 4 heteroatoms. The summed E-state index contributed by atoms with van der Waals surface area (Å²) in [6.07, 6.45) is 13.4. The largest absolute Gasteiger partial charge is 0.426 e. The molecule has 2 aromatic carbocycles. The summed E-state index contributed by atoms with van der Waals surface area (Å²) in [4.78, 5) is 24.4. The first-order valence-corrected chi connectivity index (χ1v) is 10.6. The van der Waals surface area contributed by atoms with E-state index in [9.17, 15) is 9.59 Å². The van der Waals surface area contributed by atoms with Crippen LogP contribution >= 0.6 is 0 Å². The summed E-state index contributed by atoms with van der Waals surface area (Å²) >= 11 is 0. The molecule has 1 aliphatic rings. The van der Waals surface area contributed by atoms with Gasteiger partial charge in [-0.2, -0.15) is 0 Å². The molecule has 0 spiro atoms. The number of hydrogen-bond donors (Lipinski definition) is 0. The van der Waals surface area contributed by atoms with Crippen LogP contribution < -0.4 is 9.47 Å². The number of esters is 2. The summed E-state index contributed by atoms with van der Waals surface area (Å²) in [7, 11) is 0. The molecule has 0 N–H and O–H groups in total. The van der Waals surface area contributed by atoms with Gasteiger partial charge in [0, 0.05) is 12.8 Å². The van der Waals surface area contributed by atoms with Crippen LogP contribution in [0.25, 0.3) is 0 Å². The molecule has 0 saturated carbocycles. The number of fused-ring (bicyclic) bond motifs is 2. The number of ether oxygens (including phenoxy) is 2. The maximum absolute atomic E-state index is 12.2. The fraction of sp³-hybridized carbons (Fsp3) is 0.308. The number of carbonyl (C=O) groups excluding carboxylic acids is 2. The highest BCUT2D eigenvalue weighted by atomic mass is 16.5. The minimum atomic E-state index is -0.202. The Morgan fingerprint density at radius 1 is 0.567 bits per heavy atom. The lowest BCUT2D eigenvalue weighted by atomic mass is 10.1. The van der Waals surface area contributed by atoms with E-state index in [0.29, 0.717) is 37.2 Å². The molecule has 0 amide bonds. The van der Waals surface area contributed by atoms with Gasteiger partial charge in [0.15, 0.2) is 0 Å². The first-order chi connectivity index (χ1) is 14.7. The summed E-state index contributed by atoms with van der Waals surface area (Å²) < 4.78 is 11.2. The molecular weight excluding hydrogens is 376 g/mol. The lowest BCUT2D eigenvalue weighted by molar-refractivity contribution is -0.135. The lowest BCUT2D eigenvalue weighted by Gasteiger charge is -2.09. The monoisotopic (exact) mass is 404 g/mol. The van der Waals surface area contributed by atoms with Crippen molar-refractivity contribution in [3.63, 3.8) is 0 Å². The molecule has 156 valence electrons. The Labute approximate surface area is 178 Å². The van der Waals surface area contributed by atoms with Crippen LogP contribution in [0, 0.1) is 0 Å². The zero-order valence-corrected chi connectivity index (χ0v) is 17.2. The van der Waals surface area contributed by atoms with Gasteiger partial charge in [-0.05, 0) is 61.8 Å². The van der Waals surface area contributed by atoms with Gasteiger partial charge in [0.25, 0.3) is 0 Å². The van der Waals surface area contributed by atoms with Crippen LogP contribution in [-0.2, 0) is 22.4 Å². The van der Waals surface area contributed by atoms with E-state index < -0.39 is 0 Å². The van der Waals surface area contributed by atoms with Crippen LogP contribution in [0.2, 0.25) is 0 Å². The van der Waals surface area contributed by atoms with E-state index in [1.54, 1.807) is 0 Å². The number of allylic oxidation sites excluding steroid dienone is 4. The predicted octanol–water partition coefficient (Wildman–Crippen LogP) is 5.75. The first-order valence-electron chi connectivity index (χ1n) is 10.6. The number of para-hydroxylation sites is 2. The molecule has 3 rings (SSSR count). The molecule has 0 unspecified atom stereocenters. The second-order valence-electron chi connectivity index (χ2n) is 7.30. The van der Waals surface area contributed by atoms with Crippen molar-refractivity contribution < 1.29 is 19.1 Å². The van der Waals surface area contributed by atoms with Crippen LogP contribution in [0.4, 0.5) is 0 Å². The molecule has 1 heterocycles. The Bertz CT molecular complexity index is 835. The van der Waals surface area contributed by atoms with E-state index in [0.717, 1.165) is 36.8 Å². The second kappa shape index (κ2) is 11.8. The van der Waals surface area contributed by atoms with Gasteiger partial charge in [-0.15, -0.1) is 0 Å². The highest BCUT2D eigenvalue weighted by Gasteiger charge is 2.09. The molecule has 4 nitrogen and oxygen atoms in total. The zero-order chi connectivity index (χ0) is 21.0. The lowest BCUT2D eigenvalue weighted by Crippen LogP contribution is -2.09. The van der Waals surface area contributed by atoms with Gasteiger partial charge >= 0.3 is 11.9 Å². The SMILES string of the molecule is O=C1CCCC=CCc2ccccc2OC(=O)CCCC=CCc2ccccc2O1. The highest BCUT2D eigenvalue weighted by molar-refractivity contribution is 5.73. The summed E-state index contributed by atoms with van der Waals surface area (Å²) in [5.41, 5.74) is 1.96. The minimum Gasteiger partial charge on any atom is -0.426 e. The van der Waals surface area contributed by atoms with Crippen LogP contribution in [-0.4, -0.2) is 11.9 Å². The van der Waals surface area contributed by atoms with Crippen molar-refractivity contribution in [2.45, 2.75) is 51.4 Å². The standard InChI is InChI=1S/C26H28O4/c27-25-19-7-3-1-5-13-21-15-9-11-17-23(21)29-26(28)20-8-4-2-6-14-22-16-10-12-18-24(22)30-25/h1-2,5-6,9-12,15-18H,3-4,7-8,13-14,19-20H2. The van der Waals surface area contributed by atoms with Crippen molar-refractivity contribution in [1.29, 1.82) is 0 Å². The van der Waals surface area contributed by atoms with Crippen LogP contribution in [0.15, 0.2) is 72.8 Å². The Balaban J connectivity index is 1.68. The van der Waals surface area contributed by atoms with Gasteiger partial charge < -0.3 is 9.47 Å². The fourth-order valence-corrected chi connectivity index (χ4v) is 3.28. The number of carbonyl (C=O) groups is 2. The summed E-state index contributed by atoms with van der Waals surface area (Å²) in [6.45, 7) is 0. The minimum absolute atomic E-state index is 0.202. The average molecular weight is 405 g/mol. The van der Waals surface area contributed by atoms with E-state index >= 15 is 0 Å². The van der Waals surface area contributed by atoms with Crippen molar-refractivity contribution >= 4 is 11.9 Å². The van der Waals surface area contributed by atoms with E-state index in [1.165, 1.54) is 0 Å². The summed E-state index contributed by atoms with van der Waals surface area (Å²) in [6, 6.07) is 15.2. The Morgan fingerprint density at radius 3 is 1.47 bits per heavy atom. The average Bonchev–Trinajstić information content (AvgIpc) is 2.74. The highest BCUT2D eigenvalue weighted by Crippen LogP contribution is 2.21. The molecule has 0 fully saturated rings. The third-order valence-corrected chi connectivity index (χ3v) is 4.91. The van der Waals surface area contributed by atoms with Crippen molar-refractivity contribution in [3.8, 4) is 11.5 Å². The van der Waals surface area contributed by atoms with E-state index in [2.05, 4.69) is 24.3 Å². The van der Waals surface area contributed by atoms with Gasteiger partial charge in [-0.3, -0.25) is 9.59 Å². The number of benzene rings is 2. The second-order valence-corrected chi connectivity index (χ2v) is 7.30. The van der Waals surface area contributed by atoms with E-state index in [1.807, 2.05) is 48.5 Å². The van der Waals surface area contributed by atoms with Crippen LogP contribution in [0.1, 0.15) is 49.7 Å². The van der Waals surface area contributed by atoms with Crippen LogP contribution in [0.5, 0.6) is 11.5 Å². The third kappa shape index (κ3) is 7.03. The van der Waals surface area contributed by atoms with Gasteiger partial charge in [0.1, 0.15) is 11.5 Å². The molecule has 0 radical (unpaired) electrons. The molecule has 1 aliphatic heterocycles. The zero-order valence-electron chi connectivity index (χ0n) is 17.2. The molecule has 2 aromatic rings. The van der Waals surface area contributed by atoms with Crippen molar-refractivity contribution in [2.24, 2.45) is 0 Å². The molecule has 0 aromatic heterocycles. The maximum atomic E-state index is 12.2. The summed E-state index contributed by atoms with van der Waals surface area (Å²) in [5, 5.41) is 0. The molecule has 0 aliphatic carbocycles. The molecule has 30 heavy (non-hydrogen) atoms. The van der Waals surface area contributed by atoms with E-state index in [-0.39, 0.29) is 11.9 Å². The molecule has 0 saturated heterocycles. The van der Waals surface area contributed by atoms with Crippen molar-refractivity contribution in [3.05, 3.63) is 84.0 Å². The fourth-order valence-electron chi connectivity index (χ4n) is 3.28. The third-order valence-electron chi connectivity index (χ3n) is 4.91. The van der Waals surface area contributed by atoms with Crippen molar-refractivity contribution in [1.82, 2.24) is 0 Å². The van der Waals surface area contributed by atoms with Crippen LogP contribution in [0.3, 0.4) is 0 Å². The maximum Gasteiger partial charge on any atom is 0.311 e. The van der Waals surface area contributed by atoms with Gasteiger partial charge in [-0.1, -0.05) is 60.7 Å². The Morgan fingerprint density at radius 2 is 1.00 bits per heavy atom. The number of rotatable bonds is 0. The topological polar surface area (TPSA) is 52.6 Å². The Kier molecular flexibility index (Phi) is 8.46. The quantitative estimate of drug-likeness (QED) is 0.319. The summed E-state index contributed by atoms with van der Waals surface area (Å²) in [5.74, 6) is 0.840. The predicted molar refractivity (Wildman–Crippen MR) is 118 cm³/mol. The van der Waals surface area contributed by atoms with E-state index in [4.69, 9.17) is 9.47 Å². The molecule has 0 atom stereocenters. The van der Waals surface area contributed by atoms with Gasteiger partial charge in [0.05, 0.1) is 0 Å². The molecular formula is C26H28O4. The first kappa shape index (κ1) is 21.6. The molecule has 0 bridgehead atoms.